The van der Waals surface area contributed by atoms with Crippen molar-refractivity contribution in [1.29, 1.82) is 0 Å². The summed E-state index contributed by atoms with van der Waals surface area (Å²) in [5, 5.41) is 3.27. The predicted octanol–water partition coefficient (Wildman–Crippen LogP) is 5.93. The summed E-state index contributed by atoms with van der Waals surface area (Å²) in [5.74, 6) is -0.655. The number of carbonyl (C=O) groups is 2. The number of anilines is 2. The Balaban J connectivity index is 1.85. The lowest BCUT2D eigenvalue weighted by molar-refractivity contribution is -0.120. The van der Waals surface area contributed by atoms with Crippen molar-refractivity contribution < 1.29 is 9.59 Å². The molecule has 0 radical (unpaired) electrons. The van der Waals surface area contributed by atoms with Crippen molar-refractivity contribution >= 4 is 28.8 Å². The maximum atomic E-state index is 13.6. The maximum absolute atomic E-state index is 13.6. The molecule has 0 fully saturated rings. The number of hydrogen-bond donors (Lipinski definition) is 1. The van der Waals surface area contributed by atoms with Crippen molar-refractivity contribution in [1.82, 2.24) is 0 Å². The molecule has 2 amide bonds. The molecule has 4 heteroatoms. The number of nitrogens with one attached hydrogen (secondary N) is 1. The van der Waals surface area contributed by atoms with Crippen LogP contribution in [0, 0.1) is 41.5 Å². The van der Waals surface area contributed by atoms with E-state index >= 15 is 0 Å². The molecule has 162 valence electrons. The highest BCUT2D eigenvalue weighted by molar-refractivity contribution is 6.46. The van der Waals surface area contributed by atoms with Crippen LogP contribution in [0.3, 0.4) is 0 Å². The average molecular weight is 425 g/mol. The molecular weight excluding hydrogens is 396 g/mol. The molecule has 0 bridgehead atoms. The first-order valence-corrected chi connectivity index (χ1v) is 10.8. The topological polar surface area (TPSA) is 49.4 Å². The third kappa shape index (κ3) is 3.73. The first-order valence-electron chi connectivity index (χ1n) is 10.8. The van der Waals surface area contributed by atoms with E-state index in [1.54, 1.807) is 0 Å². The second kappa shape index (κ2) is 8.12. The number of aryl methyl sites for hydroxylation is 6. The van der Waals surface area contributed by atoms with Crippen LogP contribution >= 0.6 is 0 Å². The fourth-order valence-corrected chi connectivity index (χ4v) is 3.87. The summed E-state index contributed by atoms with van der Waals surface area (Å²) in [6, 6.07) is 17.5. The standard InChI is InChI=1S/C28H28N2O2/c1-16-7-10-22(13-19(16)4)25-26(29-23-11-8-17(2)20(5)14-23)28(32)30(27(25)31)24-12-9-18(3)21(6)15-24/h7-15,29H,1-6H3. The average Bonchev–Trinajstić information content (AvgIpc) is 2.99. The molecule has 0 saturated carbocycles. The van der Waals surface area contributed by atoms with E-state index in [1.165, 1.54) is 10.5 Å². The van der Waals surface area contributed by atoms with Gasteiger partial charge in [0.25, 0.3) is 11.8 Å². The summed E-state index contributed by atoms with van der Waals surface area (Å²) in [4.78, 5) is 28.5. The lowest BCUT2D eigenvalue weighted by Gasteiger charge is -2.17. The van der Waals surface area contributed by atoms with Crippen LogP contribution in [-0.4, -0.2) is 11.8 Å². The zero-order valence-electron chi connectivity index (χ0n) is 19.5. The molecule has 32 heavy (non-hydrogen) atoms. The van der Waals surface area contributed by atoms with Gasteiger partial charge in [-0.25, -0.2) is 4.90 Å². The molecule has 0 unspecified atom stereocenters. The molecule has 0 saturated heterocycles. The number of nitrogens with zero attached hydrogens (tertiary/aromatic N) is 1. The van der Waals surface area contributed by atoms with E-state index in [4.69, 9.17) is 0 Å². The third-order valence-corrected chi connectivity index (χ3v) is 6.40. The van der Waals surface area contributed by atoms with Crippen LogP contribution in [0.5, 0.6) is 0 Å². The number of rotatable bonds is 4. The van der Waals surface area contributed by atoms with Crippen LogP contribution in [0.25, 0.3) is 5.57 Å². The van der Waals surface area contributed by atoms with E-state index in [0.29, 0.717) is 17.0 Å². The lowest BCUT2D eigenvalue weighted by atomic mass is 9.99. The van der Waals surface area contributed by atoms with Crippen molar-refractivity contribution in [2.24, 2.45) is 0 Å². The normalized spacial score (nSPS) is 13.9. The molecule has 3 aromatic carbocycles. The summed E-state index contributed by atoms with van der Waals surface area (Å²) in [7, 11) is 0. The van der Waals surface area contributed by atoms with Gasteiger partial charge in [-0.15, -0.1) is 0 Å². The summed E-state index contributed by atoms with van der Waals surface area (Å²) in [6.45, 7) is 12.1. The zero-order chi connectivity index (χ0) is 23.2. The van der Waals surface area contributed by atoms with Crippen molar-refractivity contribution in [3.63, 3.8) is 0 Å². The van der Waals surface area contributed by atoms with E-state index in [0.717, 1.165) is 39.1 Å². The Morgan fingerprint density at radius 2 is 1.16 bits per heavy atom. The van der Waals surface area contributed by atoms with Gasteiger partial charge in [0.05, 0.1) is 11.3 Å². The molecule has 1 aliphatic rings. The third-order valence-electron chi connectivity index (χ3n) is 6.40. The summed E-state index contributed by atoms with van der Waals surface area (Å²) >= 11 is 0. The summed E-state index contributed by atoms with van der Waals surface area (Å²) < 4.78 is 0. The number of imide groups is 1. The van der Waals surface area contributed by atoms with Crippen LogP contribution in [0.2, 0.25) is 0 Å². The Hall–Kier alpha value is -3.66. The van der Waals surface area contributed by atoms with Crippen molar-refractivity contribution in [2.75, 3.05) is 10.2 Å². The molecule has 0 spiro atoms. The number of hydrogen-bond acceptors (Lipinski definition) is 3. The van der Waals surface area contributed by atoms with Gasteiger partial charge >= 0.3 is 0 Å². The summed E-state index contributed by atoms with van der Waals surface area (Å²) in [6.07, 6.45) is 0. The molecule has 0 atom stereocenters. The van der Waals surface area contributed by atoms with Crippen molar-refractivity contribution in [3.05, 3.63) is 99.2 Å². The predicted molar refractivity (Wildman–Crippen MR) is 131 cm³/mol. The van der Waals surface area contributed by atoms with E-state index in [-0.39, 0.29) is 11.8 Å². The highest BCUT2D eigenvalue weighted by atomic mass is 16.2. The second-order valence-electron chi connectivity index (χ2n) is 8.69. The zero-order valence-corrected chi connectivity index (χ0v) is 19.5. The van der Waals surface area contributed by atoms with Gasteiger partial charge in [0.1, 0.15) is 5.70 Å². The van der Waals surface area contributed by atoms with Gasteiger partial charge in [0.2, 0.25) is 0 Å². The van der Waals surface area contributed by atoms with Crippen LogP contribution in [0.15, 0.2) is 60.3 Å². The van der Waals surface area contributed by atoms with Gasteiger partial charge < -0.3 is 5.32 Å². The van der Waals surface area contributed by atoms with Crippen LogP contribution < -0.4 is 10.2 Å². The van der Waals surface area contributed by atoms with Gasteiger partial charge in [-0.05, 0) is 105 Å². The molecule has 0 aromatic heterocycles. The van der Waals surface area contributed by atoms with E-state index in [9.17, 15) is 9.59 Å². The largest absolute Gasteiger partial charge is 0.350 e. The Morgan fingerprint density at radius 1 is 0.594 bits per heavy atom. The van der Waals surface area contributed by atoms with E-state index in [2.05, 4.69) is 5.32 Å². The minimum atomic E-state index is -0.343. The number of amides is 2. The summed E-state index contributed by atoms with van der Waals surface area (Å²) in [5.41, 5.74) is 9.46. The van der Waals surface area contributed by atoms with Crippen molar-refractivity contribution in [2.45, 2.75) is 41.5 Å². The molecule has 3 aromatic rings. The van der Waals surface area contributed by atoms with Crippen LogP contribution in [0.1, 0.15) is 38.9 Å². The first kappa shape index (κ1) is 21.6. The van der Waals surface area contributed by atoms with E-state index in [1.807, 2.05) is 96.1 Å². The van der Waals surface area contributed by atoms with Gasteiger partial charge in [-0.2, -0.15) is 0 Å². The van der Waals surface area contributed by atoms with E-state index < -0.39 is 0 Å². The van der Waals surface area contributed by atoms with Crippen molar-refractivity contribution in [3.8, 4) is 0 Å². The fraction of sp³-hybridized carbons (Fsp3) is 0.214. The second-order valence-corrected chi connectivity index (χ2v) is 8.69. The SMILES string of the molecule is Cc1ccc(NC2=C(c3ccc(C)c(C)c3)C(=O)N(c3ccc(C)c(C)c3)C2=O)cc1C. The molecule has 4 rings (SSSR count). The Labute approximate surface area is 189 Å². The van der Waals surface area contributed by atoms with Gasteiger partial charge in [-0.1, -0.05) is 30.3 Å². The Kier molecular flexibility index (Phi) is 5.47. The Morgan fingerprint density at radius 3 is 1.75 bits per heavy atom. The quantitative estimate of drug-likeness (QED) is 0.528. The monoisotopic (exact) mass is 424 g/mol. The molecule has 4 nitrogen and oxygen atoms in total. The number of benzene rings is 3. The minimum absolute atomic E-state index is 0.305. The smallest absolute Gasteiger partial charge is 0.282 e. The highest BCUT2D eigenvalue weighted by Gasteiger charge is 2.40. The minimum Gasteiger partial charge on any atom is -0.350 e. The van der Waals surface area contributed by atoms with Crippen LogP contribution in [0.4, 0.5) is 11.4 Å². The maximum Gasteiger partial charge on any atom is 0.282 e. The number of carbonyl (C=O) groups excluding carboxylic acids is 2. The lowest BCUT2D eigenvalue weighted by Crippen LogP contribution is -2.32. The van der Waals surface area contributed by atoms with Gasteiger partial charge in [-0.3, -0.25) is 9.59 Å². The van der Waals surface area contributed by atoms with Gasteiger partial charge in [0.15, 0.2) is 0 Å². The first-order chi connectivity index (χ1) is 15.2. The highest BCUT2D eigenvalue weighted by Crippen LogP contribution is 2.35. The molecular formula is C28H28N2O2. The molecule has 1 heterocycles. The molecule has 1 N–H and O–H groups in total. The fourth-order valence-electron chi connectivity index (χ4n) is 3.87. The van der Waals surface area contributed by atoms with Gasteiger partial charge in [0, 0.05) is 5.69 Å². The molecule has 1 aliphatic heterocycles. The van der Waals surface area contributed by atoms with Crippen LogP contribution in [-0.2, 0) is 9.59 Å². The molecule has 0 aliphatic carbocycles. The Bertz CT molecular complexity index is 1300.